The third-order valence-corrected chi connectivity index (χ3v) is 12.7. The molecule has 7 rings (SSSR count). The Morgan fingerprint density at radius 1 is 1.15 bits per heavy atom. The summed E-state index contributed by atoms with van der Waals surface area (Å²) in [6.45, 7) is 13.5. The van der Waals surface area contributed by atoms with Crippen LogP contribution in [0.25, 0.3) is 0 Å². The summed E-state index contributed by atoms with van der Waals surface area (Å²) in [4.78, 5) is 72.7. The number of fused-ring (bicyclic) bond motifs is 3. The molecule has 3 aliphatic heterocycles. The van der Waals surface area contributed by atoms with Crippen LogP contribution in [0.5, 0.6) is 11.5 Å². The zero-order chi connectivity index (χ0) is 56.4. The zero-order valence-electron chi connectivity index (χ0n) is 43.6. The Hall–Kier alpha value is -4.72. The van der Waals surface area contributed by atoms with Gasteiger partial charge in [0.2, 0.25) is 10.7 Å². The molecule has 4 aromatic rings. The maximum Gasteiger partial charge on any atom is 0.317 e. The molecule has 3 unspecified atom stereocenters. The zero-order valence-corrected chi connectivity index (χ0v) is 48.4. The molecule has 18 nitrogen and oxygen atoms in total. The average Bonchev–Trinajstić information content (AvgIpc) is 3.84. The number of amides is 3. The van der Waals surface area contributed by atoms with E-state index >= 15 is 0 Å². The van der Waals surface area contributed by atoms with Gasteiger partial charge in [-0.3, -0.25) is 29.4 Å². The minimum Gasteiger partial charge on any atom is -0.778 e. The van der Waals surface area contributed by atoms with Crippen molar-refractivity contribution in [3.8, 4) is 23.8 Å². The summed E-state index contributed by atoms with van der Waals surface area (Å²) in [6.07, 6.45) is 13.0. The number of para-hydroxylation sites is 3. The first-order valence-corrected chi connectivity index (χ1v) is 29.6. The van der Waals surface area contributed by atoms with Crippen molar-refractivity contribution in [3.05, 3.63) is 82.2 Å². The molecule has 412 valence electrons. The van der Waals surface area contributed by atoms with Crippen LogP contribution in [0.2, 0.25) is 0 Å². The molecule has 0 spiro atoms. The van der Waals surface area contributed by atoms with Crippen molar-refractivity contribution in [2.45, 2.75) is 77.8 Å². The number of hydrogen-bond donors (Lipinski definition) is 3. The van der Waals surface area contributed by atoms with Gasteiger partial charge in [-0.2, -0.15) is 4.37 Å². The lowest BCUT2D eigenvalue weighted by molar-refractivity contribution is -0.193. The fourth-order valence-corrected chi connectivity index (χ4v) is 9.10. The van der Waals surface area contributed by atoms with E-state index in [4.69, 9.17) is 65.4 Å². The minimum absolute atomic E-state index is 0.0223. The Balaban J connectivity index is 0.000000269. The van der Waals surface area contributed by atoms with E-state index in [0.29, 0.717) is 46.1 Å². The van der Waals surface area contributed by atoms with E-state index in [0.717, 1.165) is 47.7 Å². The third kappa shape index (κ3) is 19.7. The van der Waals surface area contributed by atoms with Gasteiger partial charge in [-0.1, -0.05) is 80.2 Å². The van der Waals surface area contributed by atoms with Gasteiger partial charge in [0.15, 0.2) is 17.3 Å². The maximum atomic E-state index is 14.5. The molecule has 75 heavy (non-hydrogen) atoms. The smallest absolute Gasteiger partial charge is 0.317 e. The second kappa shape index (κ2) is 30.3. The third-order valence-electron chi connectivity index (χ3n) is 10.7. The topological polar surface area (TPSA) is 228 Å². The number of nitrogens with zero attached hydrogens (tertiary/aromatic N) is 6. The molecule has 3 amide bonds. The van der Waals surface area contributed by atoms with Crippen molar-refractivity contribution in [3.63, 3.8) is 0 Å². The number of methoxy groups -OCH3 is 1. The van der Waals surface area contributed by atoms with E-state index in [1.807, 2.05) is 67.1 Å². The molecule has 3 aromatic carbocycles. The fraction of sp³-hybridized carbons (Fsp3) is 0.480. The van der Waals surface area contributed by atoms with E-state index in [1.165, 1.54) is 28.6 Å². The number of nitrogens with one attached hydrogen (secondary N) is 1. The quantitative estimate of drug-likeness (QED) is 0.0550. The van der Waals surface area contributed by atoms with Gasteiger partial charge in [0.1, 0.15) is 43.1 Å². The molecule has 25 heteroatoms. The Kier molecular flexibility index (Phi) is 26.1. The number of hydrogen-bond acceptors (Lipinski definition) is 13. The number of carboxylic acid groups (broad SMARTS) is 1. The number of aromatic nitrogens is 2. The highest BCUT2D eigenvalue weighted by atomic mass is 35.5. The van der Waals surface area contributed by atoms with Crippen molar-refractivity contribution >= 4 is 111 Å². The summed E-state index contributed by atoms with van der Waals surface area (Å²) in [6, 6.07) is 16.1. The Morgan fingerprint density at radius 2 is 1.81 bits per heavy atom. The largest absolute Gasteiger partial charge is 0.778 e. The Morgan fingerprint density at radius 3 is 2.40 bits per heavy atom. The number of carbonyl (C=O) groups excluding carboxylic acids is 3. The first-order valence-electron chi connectivity index (χ1n) is 23.2. The Bertz CT molecular complexity index is 2750. The van der Waals surface area contributed by atoms with Crippen molar-refractivity contribution in [2.75, 3.05) is 85.7 Å². The van der Waals surface area contributed by atoms with E-state index < -0.39 is 37.0 Å². The van der Waals surface area contributed by atoms with Crippen molar-refractivity contribution in [1.29, 1.82) is 0 Å². The summed E-state index contributed by atoms with van der Waals surface area (Å²) >= 11 is 18.3. The minimum atomic E-state index is -4.35. The van der Waals surface area contributed by atoms with Crippen LogP contribution >= 0.6 is 53.9 Å². The highest BCUT2D eigenvalue weighted by Crippen LogP contribution is 2.38. The summed E-state index contributed by atoms with van der Waals surface area (Å²) < 4.78 is 47.0. The van der Waals surface area contributed by atoms with Gasteiger partial charge < -0.3 is 48.0 Å². The summed E-state index contributed by atoms with van der Waals surface area (Å²) in [5.74, 6) is 2.01. The van der Waals surface area contributed by atoms with Gasteiger partial charge in [-0.05, 0) is 72.8 Å². The highest BCUT2D eigenvalue weighted by molar-refractivity contribution is 7.94. The van der Waals surface area contributed by atoms with Gasteiger partial charge in [0, 0.05) is 37.7 Å². The molecular weight excluding hydrogens is 1100 g/mol. The number of carbonyl (C=O) groups is 4. The van der Waals surface area contributed by atoms with Crippen LogP contribution in [-0.4, -0.2) is 131 Å². The highest BCUT2D eigenvalue weighted by Gasteiger charge is 2.33. The number of halogens is 4. The molecule has 3 aliphatic rings. The van der Waals surface area contributed by atoms with E-state index in [2.05, 4.69) is 60.9 Å². The molecule has 0 aliphatic carbocycles. The van der Waals surface area contributed by atoms with Gasteiger partial charge in [0.05, 0.1) is 73.9 Å². The number of carboxylic acids is 1. The van der Waals surface area contributed by atoms with Crippen LogP contribution < -0.4 is 39.2 Å². The standard InChI is InChI=1S/C18H17FN4O2S.C15H22ClNO2.C11H11Cl2NO2.C3H8NO5P.C3H9S/c1-4-5-22-13-7-12(11(19)6-14(13)25-9-16(22)24)20-17-23-10-18(2,3)8-15(23)21-26-17;1-5-13-8-6-7-11(2)15(13)17(14(18)9-16)12(3)10-19-4;1-7-6-16-9-5-3-2-4-8(9)14(7)11(15)10(12)13;5-3(6)1-4-2-10(7,8)9;1-4(2)3/h1,6-7H,5,8-10H2,2-3H3;6-8,12H,5,9-10H2,1-4H3;2-5,7,10H,6H2,1H3;4H,1-2H2,(H,5,6)(H2,7,8,9);1-3H3/q;;;;+1/p-1. The van der Waals surface area contributed by atoms with E-state index in [9.17, 15) is 33.0 Å². The molecule has 0 saturated heterocycles. The molecule has 0 saturated carbocycles. The number of terminal acetylenes is 1. The van der Waals surface area contributed by atoms with Crippen LogP contribution in [0.3, 0.4) is 0 Å². The summed E-state index contributed by atoms with van der Waals surface area (Å²) in [5, 5.41) is 9.97. The number of benzene rings is 3. The Labute approximate surface area is 460 Å². The van der Waals surface area contributed by atoms with Crippen LogP contribution in [-0.2, 0) is 58.8 Å². The SMILES string of the molecule is C#CCN1C(=O)COc2cc(F)c(N=c3snc4n3CC(C)(C)C4)cc21.CC1COc2ccccc2N1C(=O)C(Cl)Cl.CCc1cccc(C)c1N(C(=O)CCl)C(C)COC.C[S+](C)C.O=C(O)CNCP(=O)([O-])O. The number of aliphatic carboxylic acids is 1. The van der Waals surface area contributed by atoms with Gasteiger partial charge in [0.25, 0.3) is 11.8 Å². The lowest BCUT2D eigenvalue weighted by atomic mass is 9.92. The molecular formula is C50H66Cl3FN7O11PS2. The molecule has 0 radical (unpaired) electrons. The molecule has 3 atom stereocenters. The first-order chi connectivity index (χ1) is 35.2. The predicted octanol–water partition coefficient (Wildman–Crippen LogP) is 6.68. The fourth-order valence-electron chi connectivity index (χ4n) is 7.61. The second-order valence-electron chi connectivity index (χ2n) is 18.3. The van der Waals surface area contributed by atoms with Crippen LogP contribution in [0.15, 0.2) is 59.6 Å². The van der Waals surface area contributed by atoms with Crippen LogP contribution in [0, 0.1) is 30.5 Å². The number of alkyl halides is 3. The van der Waals surface area contributed by atoms with Crippen LogP contribution in [0.1, 0.15) is 51.6 Å². The van der Waals surface area contributed by atoms with E-state index in [1.54, 1.807) is 16.9 Å². The second-order valence-corrected chi connectivity index (χ2v) is 24.4. The monoisotopic (exact) mass is 1160 g/mol. The first kappa shape index (κ1) is 64.6. The normalized spacial score (nSPS) is 16.2. The summed E-state index contributed by atoms with van der Waals surface area (Å²) in [7, 11) is -2.07. The molecule has 1 aromatic heterocycles. The van der Waals surface area contributed by atoms with Crippen molar-refractivity contribution in [1.82, 2.24) is 14.3 Å². The number of aryl methyl sites for hydroxylation is 2. The van der Waals surface area contributed by atoms with Gasteiger partial charge >= 0.3 is 5.97 Å². The van der Waals surface area contributed by atoms with Crippen LogP contribution in [0.4, 0.5) is 27.1 Å². The summed E-state index contributed by atoms with van der Waals surface area (Å²) in [5.41, 5.74) is 4.61. The predicted molar refractivity (Wildman–Crippen MR) is 296 cm³/mol. The lowest BCUT2D eigenvalue weighted by Gasteiger charge is -2.35. The molecule has 0 bridgehead atoms. The van der Waals surface area contributed by atoms with E-state index in [-0.39, 0.29) is 59.9 Å². The molecule has 0 fully saturated rings. The lowest BCUT2D eigenvalue weighted by Crippen LogP contribution is -2.47. The van der Waals surface area contributed by atoms with Crippen molar-refractivity contribution < 1.29 is 57.2 Å². The van der Waals surface area contributed by atoms with Gasteiger partial charge in [-0.15, -0.1) is 18.0 Å². The number of anilines is 3. The average molecular weight is 1160 g/mol. The maximum absolute atomic E-state index is 14.5. The molecule has 3 N–H and O–H groups in total. The molecule has 4 heterocycles. The number of ether oxygens (including phenoxy) is 3. The van der Waals surface area contributed by atoms with Gasteiger partial charge in [-0.25, -0.2) is 9.38 Å². The van der Waals surface area contributed by atoms with Crippen molar-refractivity contribution in [2.24, 2.45) is 10.4 Å². The number of rotatable bonds is 13.